The molecular weight excluding hydrogens is 340 g/mol. The Hall–Kier alpha value is -2.82. The van der Waals surface area contributed by atoms with E-state index in [0.717, 1.165) is 5.56 Å². The maximum atomic E-state index is 12.3. The molecule has 0 saturated carbocycles. The zero-order valence-electron chi connectivity index (χ0n) is 16.4. The Morgan fingerprint density at radius 1 is 0.926 bits per heavy atom. The number of esters is 1. The number of carbonyl (C=O) groups is 2. The minimum absolute atomic E-state index is 0.145. The number of nitrogens with one attached hydrogen (secondary N) is 1. The Bertz CT molecular complexity index is 765. The van der Waals surface area contributed by atoms with E-state index in [1.54, 1.807) is 24.3 Å². The van der Waals surface area contributed by atoms with Gasteiger partial charge in [0.2, 0.25) is 0 Å². The molecule has 0 unspecified atom stereocenters. The number of benzene rings is 2. The molecule has 0 aromatic heterocycles. The van der Waals surface area contributed by atoms with Crippen molar-refractivity contribution in [3.63, 3.8) is 0 Å². The van der Waals surface area contributed by atoms with Crippen molar-refractivity contribution < 1.29 is 14.3 Å². The molecule has 1 amide bonds. The molecule has 0 fully saturated rings. The largest absolute Gasteiger partial charge is 0.452 e. The van der Waals surface area contributed by atoms with Gasteiger partial charge >= 0.3 is 5.97 Å². The van der Waals surface area contributed by atoms with E-state index in [-0.39, 0.29) is 24.5 Å². The van der Waals surface area contributed by atoms with Crippen LogP contribution in [-0.2, 0) is 9.53 Å². The lowest BCUT2D eigenvalue weighted by Crippen LogP contribution is -2.35. The van der Waals surface area contributed by atoms with Gasteiger partial charge in [-0.2, -0.15) is 0 Å². The summed E-state index contributed by atoms with van der Waals surface area (Å²) in [5, 5.41) is 2.96. The molecule has 2 aromatic carbocycles. The molecule has 5 heteroatoms. The highest BCUT2D eigenvalue weighted by Crippen LogP contribution is 2.24. The molecule has 5 nitrogen and oxygen atoms in total. The molecule has 27 heavy (non-hydrogen) atoms. The predicted molar refractivity (Wildman–Crippen MR) is 107 cm³/mol. The summed E-state index contributed by atoms with van der Waals surface area (Å²) in [6, 6.07) is 14.5. The molecule has 1 atom stereocenters. The third-order valence-corrected chi connectivity index (χ3v) is 4.43. The lowest BCUT2D eigenvalue weighted by atomic mass is 9.93. The van der Waals surface area contributed by atoms with Crippen LogP contribution < -0.4 is 11.1 Å². The van der Waals surface area contributed by atoms with Crippen molar-refractivity contribution in [2.45, 2.75) is 39.7 Å². The highest BCUT2D eigenvalue weighted by Gasteiger charge is 2.19. The van der Waals surface area contributed by atoms with Crippen LogP contribution in [0, 0.1) is 5.92 Å². The lowest BCUT2D eigenvalue weighted by Gasteiger charge is -2.23. The molecule has 0 bridgehead atoms. The van der Waals surface area contributed by atoms with Gasteiger partial charge in [0.15, 0.2) is 6.61 Å². The summed E-state index contributed by atoms with van der Waals surface area (Å²) in [6.07, 6.45) is 0. The molecule has 0 spiro atoms. The van der Waals surface area contributed by atoms with Gasteiger partial charge in [-0.15, -0.1) is 0 Å². The first kappa shape index (κ1) is 20.5. The quantitative estimate of drug-likeness (QED) is 0.570. The summed E-state index contributed by atoms with van der Waals surface area (Å²) in [5.41, 5.74) is 8.81. The van der Waals surface area contributed by atoms with Crippen LogP contribution in [0.25, 0.3) is 0 Å². The first-order valence-corrected chi connectivity index (χ1v) is 9.19. The number of anilines is 1. The van der Waals surface area contributed by atoms with Crippen molar-refractivity contribution in [1.29, 1.82) is 0 Å². The fourth-order valence-corrected chi connectivity index (χ4v) is 2.77. The van der Waals surface area contributed by atoms with Crippen molar-refractivity contribution in [3.05, 3.63) is 65.2 Å². The van der Waals surface area contributed by atoms with Gasteiger partial charge in [-0.1, -0.05) is 52.0 Å². The van der Waals surface area contributed by atoms with Gasteiger partial charge in [0.05, 0.1) is 11.6 Å². The van der Waals surface area contributed by atoms with Crippen molar-refractivity contribution in [2.75, 3.05) is 12.3 Å². The Morgan fingerprint density at radius 2 is 1.48 bits per heavy atom. The zero-order valence-corrected chi connectivity index (χ0v) is 16.4. The molecule has 0 aliphatic heterocycles. The number of carbonyl (C=O) groups excluding carboxylic acids is 2. The standard InChI is InChI=1S/C22H28N2O3/c1-14(2)16-5-7-17(8-6-16)21(15(3)4)24-20(25)13-27-22(26)18-9-11-19(23)12-10-18/h5-12,14-15,21H,13,23H2,1-4H3,(H,24,25)/t21-/m1/s1. The highest BCUT2D eigenvalue weighted by atomic mass is 16.5. The molecule has 2 aromatic rings. The SMILES string of the molecule is CC(C)c1ccc([C@H](NC(=O)COC(=O)c2ccc(N)cc2)C(C)C)cc1. The third-order valence-electron chi connectivity index (χ3n) is 4.43. The minimum atomic E-state index is -0.549. The molecule has 0 heterocycles. The van der Waals surface area contributed by atoms with Gasteiger partial charge in [-0.25, -0.2) is 4.79 Å². The van der Waals surface area contributed by atoms with E-state index in [2.05, 4.69) is 31.3 Å². The number of amides is 1. The molecule has 144 valence electrons. The van der Waals surface area contributed by atoms with E-state index in [4.69, 9.17) is 10.5 Å². The normalized spacial score (nSPS) is 12.1. The number of ether oxygens (including phenoxy) is 1. The number of rotatable bonds is 7. The van der Waals surface area contributed by atoms with E-state index in [0.29, 0.717) is 17.2 Å². The van der Waals surface area contributed by atoms with Crippen molar-refractivity contribution >= 4 is 17.6 Å². The fraction of sp³-hybridized carbons (Fsp3) is 0.364. The Morgan fingerprint density at radius 3 is 2.00 bits per heavy atom. The number of hydrogen-bond donors (Lipinski definition) is 2. The first-order valence-electron chi connectivity index (χ1n) is 9.19. The minimum Gasteiger partial charge on any atom is -0.452 e. The van der Waals surface area contributed by atoms with Crippen LogP contribution in [0.4, 0.5) is 5.69 Å². The van der Waals surface area contributed by atoms with E-state index < -0.39 is 5.97 Å². The molecule has 2 rings (SSSR count). The van der Waals surface area contributed by atoms with Crippen LogP contribution in [0.2, 0.25) is 0 Å². The third kappa shape index (κ3) is 5.84. The first-order chi connectivity index (χ1) is 12.8. The summed E-state index contributed by atoms with van der Waals surface area (Å²) in [4.78, 5) is 24.3. The summed E-state index contributed by atoms with van der Waals surface area (Å²) >= 11 is 0. The zero-order chi connectivity index (χ0) is 20.0. The van der Waals surface area contributed by atoms with Crippen LogP contribution in [0.15, 0.2) is 48.5 Å². The van der Waals surface area contributed by atoms with E-state index in [1.807, 2.05) is 26.0 Å². The summed E-state index contributed by atoms with van der Waals surface area (Å²) < 4.78 is 5.11. The summed E-state index contributed by atoms with van der Waals surface area (Å²) in [7, 11) is 0. The van der Waals surface area contributed by atoms with Crippen LogP contribution >= 0.6 is 0 Å². The maximum absolute atomic E-state index is 12.3. The van der Waals surface area contributed by atoms with E-state index in [1.165, 1.54) is 5.56 Å². The Balaban J connectivity index is 1.96. The Kier molecular flexibility index (Phi) is 6.99. The molecular formula is C22H28N2O3. The van der Waals surface area contributed by atoms with Gasteiger partial charge in [0.25, 0.3) is 5.91 Å². The summed E-state index contributed by atoms with van der Waals surface area (Å²) in [6.45, 7) is 8.05. The van der Waals surface area contributed by atoms with Gasteiger partial charge < -0.3 is 15.8 Å². The van der Waals surface area contributed by atoms with Crippen molar-refractivity contribution in [3.8, 4) is 0 Å². The van der Waals surface area contributed by atoms with E-state index in [9.17, 15) is 9.59 Å². The fourth-order valence-electron chi connectivity index (χ4n) is 2.77. The number of hydrogen-bond acceptors (Lipinski definition) is 4. The monoisotopic (exact) mass is 368 g/mol. The molecule has 3 N–H and O–H groups in total. The lowest BCUT2D eigenvalue weighted by molar-refractivity contribution is -0.125. The van der Waals surface area contributed by atoms with Crippen LogP contribution in [0.5, 0.6) is 0 Å². The number of nitrogen functional groups attached to an aromatic ring is 1. The van der Waals surface area contributed by atoms with Crippen LogP contribution in [0.1, 0.15) is 61.1 Å². The average Bonchev–Trinajstić information content (AvgIpc) is 2.64. The molecule has 0 radical (unpaired) electrons. The van der Waals surface area contributed by atoms with Crippen LogP contribution in [-0.4, -0.2) is 18.5 Å². The van der Waals surface area contributed by atoms with Crippen molar-refractivity contribution in [1.82, 2.24) is 5.32 Å². The molecule has 0 aliphatic rings. The summed E-state index contributed by atoms with van der Waals surface area (Å²) in [5.74, 6) is -0.219. The highest BCUT2D eigenvalue weighted by molar-refractivity contribution is 5.91. The smallest absolute Gasteiger partial charge is 0.338 e. The van der Waals surface area contributed by atoms with Gasteiger partial charge in [-0.05, 0) is 47.2 Å². The topological polar surface area (TPSA) is 81.4 Å². The van der Waals surface area contributed by atoms with Crippen LogP contribution in [0.3, 0.4) is 0 Å². The second-order valence-electron chi connectivity index (χ2n) is 7.31. The van der Waals surface area contributed by atoms with Gasteiger partial charge in [-0.3, -0.25) is 4.79 Å². The number of nitrogens with two attached hydrogens (primary N) is 1. The average molecular weight is 368 g/mol. The molecule has 0 aliphatic carbocycles. The second-order valence-corrected chi connectivity index (χ2v) is 7.31. The predicted octanol–water partition coefficient (Wildman–Crippen LogP) is 4.06. The Labute approximate surface area is 160 Å². The van der Waals surface area contributed by atoms with Crippen molar-refractivity contribution in [2.24, 2.45) is 5.92 Å². The van der Waals surface area contributed by atoms with E-state index >= 15 is 0 Å². The van der Waals surface area contributed by atoms with Gasteiger partial charge in [0, 0.05) is 5.69 Å². The van der Waals surface area contributed by atoms with Gasteiger partial charge in [0.1, 0.15) is 0 Å². The second kappa shape index (κ2) is 9.21. The maximum Gasteiger partial charge on any atom is 0.338 e. The molecule has 0 saturated heterocycles.